The summed E-state index contributed by atoms with van der Waals surface area (Å²) >= 11 is 0. The van der Waals surface area contributed by atoms with Crippen molar-refractivity contribution in [1.29, 1.82) is 0 Å². The summed E-state index contributed by atoms with van der Waals surface area (Å²) in [4.78, 5) is 3.99. The first-order valence-electron chi connectivity index (χ1n) is 8.03. The molecular weight excluding hydrogens is 260 g/mol. The van der Waals surface area contributed by atoms with Crippen LogP contribution in [0.5, 0.6) is 0 Å². The monoisotopic (exact) mass is 284 g/mol. The summed E-state index contributed by atoms with van der Waals surface area (Å²) in [6, 6.07) is 9.31. The molecule has 1 aliphatic carbocycles. The number of nitrogens with zero attached hydrogens (tertiary/aromatic N) is 3. The van der Waals surface area contributed by atoms with Crippen LogP contribution in [0, 0.1) is 5.92 Å². The molecule has 1 N–H and O–H groups in total. The van der Waals surface area contributed by atoms with Crippen molar-refractivity contribution in [2.24, 2.45) is 5.92 Å². The number of anilines is 1. The second-order valence-corrected chi connectivity index (χ2v) is 6.00. The van der Waals surface area contributed by atoms with Gasteiger partial charge < -0.3 is 5.32 Å². The first-order chi connectivity index (χ1) is 10.3. The molecule has 0 bridgehead atoms. The van der Waals surface area contributed by atoms with E-state index in [0.717, 1.165) is 12.5 Å². The molecule has 2 atom stereocenters. The van der Waals surface area contributed by atoms with E-state index in [1.807, 2.05) is 4.68 Å². The second kappa shape index (κ2) is 6.74. The Morgan fingerprint density at radius 2 is 2.19 bits per heavy atom. The average Bonchev–Trinajstić information content (AvgIpc) is 3.01. The Bertz CT molecular complexity index is 550. The van der Waals surface area contributed by atoms with E-state index in [-0.39, 0.29) is 0 Å². The molecular formula is C17H24N4. The maximum Gasteiger partial charge on any atom is 0.137 e. The fourth-order valence-electron chi connectivity index (χ4n) is 3.36. The van der Waals surface area contributed by atoms with Crippen LogP contribution in [0.4, 0.5) is 5.69 Å². The molecule has 3 rings (SSSR count). The molecule has 0 radical (unpaired) electrons. The Balaban J connectivity index is 1.67. The van der Waals surface area contributed by atoms with Crippen LogP contribution < -0.4 is 5.32 Å². The minimum atomic E-state index is 0.630. The molecule has 4 heteroatoms. The molecule has 4 nitrogen and oxygen atoms in total. The zero-order valence-electron chi connectivity index (χ0n) is 12.7. The van der Waals surface area contributed by atoms with Crippen molar-refractivity contribution in [2.75, 3.05) is 5.32 Å². The maximum atomic E-state index is 4.17. The number of rotatable bonds is 5. The topological polar surface area (TPSA) is 42.7 Å². The molecule has 112 valence electrons. The van der Waals surface area contributed by atoms with Crippen molar-refractivity contribution < 1.29 is 0 Å². The lowest BCUT2D eigenvalue weighted by Crippen LogP contribution is -2.31. The van der Waals surface area contributed by atoms with Gasteiger partial charge in [0.15, 0.2) is 0 Å². The highest BCUT2D eigenvalue weighted by Crippen LogP contribution is 2.29. The average molecular weight is 284 g/mol. The van der Waals surface area contributed by atoms with Gasteiger partial charge in [0, 0.05) is 11.7 Å². The highest BCUT2D eigenvalue weighted by molar-refractivity contribution is 5.46. The molecule has 21 heavy (non-hydrogen) atoms. The summed E-state index contributed by atoms with van der Waals surface area (Å²) in [7, 11) is 0. The van der Waals surface area contributed by atoms with Crippen molar-refractivity contribution in [1.82, 2.24) is 14.8 Å². The van der Waals surface area contributed by atoms with Crippen molar-refractivity contribution in [2.45, 2.75) is 51.6 Å². The molecule has 1 aromatic heterocycles. The van der Waals surface area contributed by atoms with E-state index in [1.54, 1.807) is 12.7 Å². The van der Waals surface area contributed by atoms with Crippen LogP contribution in [-0.4, -0.2) is 20.8 Å². The molecule has 1 fully saturated rings. The molecule has 1 aromatic carbocycles. The zero-order valence-corrected chi connectivity index (χ0v) is 12.7. The Labute approximate surface area is 126 Å². The van der Waals surface area contributed by atoms with E-state index in [1.165, 1.54) is 43.4 Å². The van der Waals surface area contributed by atoms with Crippen LogP contribution in [-0.2, 0) is 6.54 Å². The summed E-state index contributed by atoms with van der Waals surface area (Å²) in [5.74, 6) is 0.817. The SMILES string of the molecule is CCC1CCCCC1Nc1cccc(Cn2cncn2)c1. The summed E-state index contributed by atoms with van der Waals surface area (Å²) in [5, 5.41) is 7.92. The summed E-state index contributed by atoms with van der Waals surface area (Å²) in [5.41, 5.74) is 2.49. The van der Waals surface area contributed by atoms with Crippen molar-refractivity contribution in [3.05, 3.63) is 42.5 Å². The highest BCUT2D eigenvalue weighted by atomic mass is 15.3. The third-order valence-electron chi connectivity index (χ3n) is 4.52. The van der Waals surface area contributed by atoms with Gasteiger partial charge in [-0.1, -0.05) is 38.3 Å². The van der Waals surface area contributed by atoms with E-state index in [9.17, 15) is 0 Å². The quantitative estimate of drug-likeness (QED) is 0.910. The normalized spacial score (nSPS) is 22.1. The Kier molecular flexibility index (Phi) is 4.53. The molecule has 2 unspecified atom stereocenters. The van der Waals surface area contributed by atoms with Gasteiger partial charge in [0.05, 0.1) is 6.54 Å². The summed E-state index contributed by atoms with van der Waals surface area (Å²) in [6.07, 6.45) is 10.0. The number of nitrogens with one attached hydrogen (secondary N) is 1. The number of hydrogen-bond acceptors (Lipinski definition) is 3. The van der Waals surface area contributed by atoms with Crippen LogP contribution in [0.25, 0.3) is 0 Å². The van der Waals surface area contributed by atoms with Gasteiger partial charge in [-0.3, -0.25) is 0 Å². The van der Waals surface area contributed by atoms with Crippen LogP contribution >= 0.6 is 0 Å². The van der Waals surface area contributed by atoms with Crippen molar-refractivity contribution in [3.63, 3.8) is 0 Å². The lowest BCUT2D eigenvalue weighted by Gasteiger charge is -2.32. The molecule has 0 saturated heterocycles. The smallest absolute Gasteiger partial charge is 0.137 e. The molecule has 0 amide bonds. The van der Waals surface area contributed by atoms with Crippen LogP contribution in [0.3, 0.4) is 0 Å². The predicted molar refractivity (Wildman–Crippen MR) is 85.2 cm³/mol. The first-order valence-corrected chi connectivity index (χ1v) is 8.03. The summed E-state index contributed by atoms with van der Waals surface area (Å²) < 4.78 is 1.86. The third-order valence-corrected chi connectivity index (χ3v) is 4.52. The number of hydrogen-bond donors (Lipinski definition) is 1. The van der Waals surface area contributed by atoms with Crippen LogP contribution in [0.2, 0.25) is 0 Å². The van der Waals surface area contributed by atoms with Gasteiger partial charge in [-0.05, 0) is 36.5 Å². The first kappa shape index (κ1) is 14.1. The molecule has 1 saturated carbocycles. The highest BCUT2D eigenvalue weighted by Gasteiger charge is 2.23. The van der Waals surface area contributed by atoms with Gasteiger partial charge in [0.1, 0.15) is 12.7 Å². The standard InChI is InChI=1S/C17H24N4/c1-2-15-7-3-4-9-17(15)20-16-8-5-6-14(10-16)11-21-13-18-12-19-21/h5-6,8,10,12-13,15,17,20H,2-4,7,9,11H2,1H3. The second-order valence-electron chi connectivity index (χ2n) is 6.00. The van der Waals surface area contributed by atoms with Crippen molar-refractivity contribution >= 4 is 5.69 Å². The van der Waals surface area contributed by atoms with E-state index in [4.69, 9.17) is 0 Å². The van der Waals surface area contributed by atoms with Gasteiger partial charge >= 0.3 is 0 Å². The fourth-order valence-corrected chi connectivity index (χ4v) is 3.36. The number of benzene rings is 1. The van der Waals surface area contributed by atoms with Gasteiger partial charge in [-0.15, -0.1) is 0 Å². The van der Waals surface area contributed by atoms with E-state index >= 15 is 0 Å². The lowest BCUT2D eigenvalue weighted by molar-refractivity contribution is 0.317. The fraction of sp³-hybridized carbons (Fsp3) is 0.529. The molecule has 0 aliphatic heterocycles. The lowest BCUT2D eigenvalue weighted by atomic mass is 9.83. The van der Waals surface area contributed by atoms with Crippen LogP contribution in [0.15, 0.2) is 36.9 Å². The third kappa shape index (κ3) is 3.63. The molecule has 1 heterocycles. The van der Waals surface area contributed by atoms with Crippen LogP contribution in [0.1, 0.15) is 44.6 Å². The van der Waals surface area contributed by atoms with Crippen molar-refractivity contribution in [3.8, 4) is 0 Å². The van der Waals surface area contributed by atoms with Gasteiger partial charge in [-0.25, -0.2) is 9.67 Å². The maximum absolute atomic E-state index is 4.17. The molecule has 1 aliphatic rings. The molecule has 2 aromatic rings. The van der Waals surface area contributed by atoms with E-state index < -0.39 is 0 Å². The van der Waals surface area contributed by atoms with Gasteiger partial charge in [0.2, 0.25) is 0 Å². The van der Waals surface area contributed by atoms with Gasteiger partial charge in [-0.2, -0.15) is 5.10 Å². The van der Waals surface area contributed by atoms with E-state index in [0.29, 0.717) is 6.04 Å². The van der Waals surface area contributed by atoms with E-state index in [2.05, 4.69) is 46.6 Å². The zero-order chi connectivity index (χ0) is 14.5. The minimum Gasteiger partial charge on any atom is -0.382 e. The molecule has 0 spiro atoms. The largest absolute Gasteiger partial charge is 0.382 e. The Morgan fingerprint density at radius 1 is 1.29 bits per heavy atom. The number of aromatic nitrogens is 3. The predicted octanol–water partition coefficient (Wildman–Crippen LogP) is 3.71. The minimum absolute atomic E-state index is 0.630. The summed E-state index contributed by atoms with van der Waals surface area (Å²) in [6.45, 7) is 3.09. The Morgan fingerprint density at radius 3 is 3.00 bits per heavy atom. The van der Waals surface area contributed by atoms with Gasteiger partial charge in [0.25, 0.3) is 0 Å². The Hall–Kier alpha value is -1.84.